The van der Waals surface area contributed by atoms with Gasteiger partial charge in [-0.15, -0.1) is 0 Å². The van der Waals surface area contributed by atoms with Gasteiger partial charge in [0.1, 0.15) is 5.39 Å². The van der Waals surface area contributed by atoms with Gasteiger partial charge in [0.2, 0.25) is 5.91 Å². The van der Waals surface area contributed by atoms with Gasteiger partial charge in [0.15, 0.2) is 5.65 Å². The van der Waals surface area contributed by atoms with Crippen molar-refractivity contribution in [3.63, 3.8) is 0 Å². The van der Waals surface area contributed by atoms with Gasteiger partial charge in [0, 0.05) is 34.1 Å². The number of carbonyl (C=O) groups excluding carboxylic acids is 1. The van der Waals surface area contributed by atoms with E-state index in [1.807, 2.05) is 0 Å². The molecule has 0 unspecified atom stereocenters. The first-order chi connectivity index (χ1) is 8.50. The van der Waals surface area contributed by atoms with E-state index in [4.69, 9.17) is 0 Å². The van der Waals surface area contributed by atoms with Crippen LogP contribution >= 0.6 is 0 Å². The molecule has 0 aliphatic heterocycles. The molecule has 96 valence electrons. The number of hydrogen-bond donors (Lipinski definition) is 0. The van der Waals surface area contributed by atoms with Crippen molar-refractivity contribution >= 4 is 16.9 Å². The standard InChI is InChI=1S/C11H15N5O2/c1-14(2)9(17)4-5-16-7-12-10-8(11(16)18)6-13-15(10)3/h6-7H,4-5H2,1-3H3. The van der Waals surface area contributed by atoms with E-state index >= 15 is 0 Å². The van der Waals surface area contributed by atoms with Gasteiger partial charge in [-0.3, -0.25) is 18.8 Å². The number of aryl methyl sites for hydroxylation is 2. The summed E-state index contributed by atoms with van der Waals surface area (Å²) in [7, 11) is 5.11. The topological polar surface area (TPSA) is 73.0 Å². The molecule has 0 saturated heterocycles. The molecule has 0 bridgehead atoms. The van der Waals surface area contributed by atoms with Crippen LogP contribution in [0.4, 0.5) is 0 Å². The molecule has 0 N–H and O–H groups in total. The molecular formula is C11H15N5O2. The molecule has 2 heterocycles. The van der Waals surface area contributed by atoms with Gasteiger partial charge in [0.25, 0.3) is 5.56 Å². The summed E-state index contributed by atoms with van der Waals surface area (Å²) in [6, 6.07) is 0. The lowest BCUT2D eigenvalue weighted by Gasteiger charge is -2.10. The summed E-state index contributed by atoms with van der Waals surface area (Å²) < 4.78 is 2.98. The van der Waals surface area contributed by atoms with Gasteiger partial charge in [-0.1, -0.05) is 0 Å². The van der Waals surface area contributed by atoms with E-state index in [1.54, 1.807) is 25.8 Å². The molecular weight excluding hydrogens is 234 g/mol. The lowest BCUT2D eigenvalue weighted by atomic mass is 10.3. The molecule has 0 aliphatic rings. The molecule has 7 nitrogen and oxygen atoms in total. The second kappa shape index (κ2) is 4.59. The monoisotopic (exact) mass is 249 g/mol. The Bertz CT molecular complexity index is 640. The largest absolute Gasteiger partial charge is 0.349 e. The normalized spacial score (nSPS) is 10.8. The third kappa shape index (κ3) is 2.11. The Hall–Kier alpha value is -2.18. The summed E-state index contributed by atoms with van der Waals surface area (Å²) in [6.45, 7) is 0.327. The first-order valence-electron chi connectivity index (χ1n) is 5.58. The zero-order valence-electron chi connectivity index (χ0n) is 10.6. The van der Waals surface area contributed by atoms with E-state index in [9.17, 15) is 9.59 Å². The highest BCUT2D eigenvalue weighted by molar-refractivity contribution is 5.75. The summed E-state index contributed by atoms with van der Waals surface area (Å²) in [5.41, 5.74) is 0.384. The van der Waals surface area contributed by atoms with Crippen molar-refractivity contribution in [2.75, 3.05) is 14.1 Å². The number of hydrogen-bond acceptors (Lipinski definition) is 4. The van der Waals surface area contributed by atoms with Crippen molar-refractivity contribution in [2.45, 2.75) is 13.0 Å². The molecule has 2 aromatic heterocycles. The van der Waals surface area contributed by atoms with Crippen molar-refractivity contribution in [1.82, 2.24) is 24.2 Å². The average Bonchev–Trinajstić information content (AvgIpc) is 2.70. The fourth-order valence-electron chi connectivity index (χ4n) is 1.67. The van der Waals surface area contributed by atoms with E-state index in [0.29, 0.717) is 17.6 Å². The molecule has 7 heteroatoms. The maximum Gasteiger partial charge on any atom is 0.264 e. The second-order valence-corrected chi connectivity index (χ2v) is 4.29. The average molecular weight is 249 g/mol. The van der Waals surface area contributed by atoms with Crippen LogP contribution in [-0.4, -0.2) is 44.2 Å². The number of aromatic nitrogens is 4. The van der Waals surface area contributed by atoms with Gasteiger partial charge >= 0.3 is 0 Å². The van der Waals surface area contributed by atoms with Gasteiger partial charge < -0.3 is 4.90 Å². The first kappa shape index (κ1) is 12.3. The van der Waals surface area contributed by atoms with Gasteiger partial charge in [0.05, 0.1) is 12.5 Å². The molecule has 0 radical (unpaired) electrons. The van der Waals surface area contributed by atoms with Crippen LogP contribution in [0.1, 0.15) is 6.42 Å². The van der Waals surface area contributed by atoms with Crippen LogP contribution < -0.4 is 5.56 Å². The first-order valence-corrected chi connectivity index (χ1v) is 5.58. The Labute approximate surface area is 104 Å². The van der Waals surface area contributed by atoms with Crippen LogP contribution in [0.25, 0.3) is 11.0 Å². The second-order valence-electron chi connectivity index (χ2n) is 4.29. The summed E-state index contributed by atoms with van der Waals surface area (Å²) in [5.74, 6) is -0.0202. The number of nitrogens with zero attached hydrogens (tertiary/aromatic N) is 5. The van der Waals surface area contributed by atoms with Crippen LogP contribution in [0.3, 0.4) is 0 Å². The lowest BCUT2D eigenvalue weighted by molar-refractivity contribution is -0.128. The summed E-state index contributed by atoms with van der Waals surface area (Å²) in [5, 5.41) is 4.46. The SMILES string of the molecule is CN(C)C(=O)CCn1cnc2c(cnn2C)c1=O. The minimum Gasteiger partial charge on any atom is -0.349 e. The number of rotatable bonds is 3. The molecule has 0 aromatic carbocycles. The smallest absolute Gasteiger partial charge is 0.264 e. The van der Waals surface area contributed by atoms with Gasteiger partial charge in [-0.25, -0.2) is 4.98 Å². The zero-order valence-corrected chi connectivity index (χ0v) is 10.6. The molecule has 18 heavy (non-hydrogen) atoms. The summed E-state index contributed by atoms with van der Waals surface area (Å²) >= 11 is 0. The van der Waals surface area contributed by atoms with E-state index in [2.05, 4.69) is 10.1 Å². The molecule has 0 fully saturated rings. The molecule has 2 rings (SSSR count). The Morgan fingerprint density at radius 3 is 2.83 bits per heavy atom. The molecule has 1 amide bonds. The van der Waals surface area contributed by atoms with Crippen LogP contribution in [0, 0.1) is 0 Å². The highest BCUT2D eigenvalue weighted by Crippen LogP contribution is 2.03. The molecule has 2 aromatic rings. The van der Waals surface area contributed by atoms with Crippen molar-refractivity contribution in [2.24, 2.45) is 7.05 Å². The van der Waals surface area contributed by atoms with E-state index < -0.39 is 0 Å². The summed E-state index contributed by atoms with van der Waals surface area (Å²) in [4.78, 5) is 29.2. The summed E-state index contributed by atoms with van der Waals surface area (Å²) in [6.07, 6.45) is 3.23. The maximum absolute atomic E-state index is 12.1. The quantitative estimate of drug-likeness (QED) is 0.742. The third-order valence-corrected chi connectivity index (χ3v) is 2.78. The Balaban J connectivity index is 2.27. The minimum absolute atomic E-state index is 0.0202. The van der Waals surface area contributed by atoms with Gasteiger partial charge in [-0.2, -0.15) is 5.10 Å². The highest BCUT2D eigenvalue weighted by atomic mass is 16.2. The van der Waals surface area contributed by atoms with Crippen molar-refractivity contribution in [1.29, 1.82) is 0 Å². The molecule has 0 atom stereocenters. The molecule has 0 spiro atoms. The Kier molecular flexibility index (Phi) is 3.14. The Morgan fingerprint density at radius 1 is 1.44 bits per heavy atom. The number of amides is 1. The lowest BCUT2D eigenvalue weighted by Crippen LogP contribution is -2.26. The van der Waals surface area contributed by atoms with Crippen molar-refractivity contribution in [3.8, 4) is 0 Å². The zero-order chi connectivity index (χ0) is 13.3. The van der Waals surface area contributed by atoms with Crippen LogP contribution in [-0.2, 0) is 18.4 Å². The predicted molar refractivity (Wildman–Crippen MR) is 66.1 cm³/mol. The van der Waals surface area contributed by atoms with Crippen LogP contribution in [0.15, 0.2) is 17.3 Å². The third-order valence-electron chi connectivity index (χ3n) is 2.78. The predicted octanol–water partition coefficient (Wildman–Crippen LogP) is -0.392. The molecule has 0 aliphatic carbocycles. The van der Waals surface area contributed by atoms with Crippen LogP contribution in [0.5, 0.6) is 0 Å². The number of fused-ring (bicyclic) bond motifs is 1. The van der Waals surface area contributed by atoms with Crippen molar-refractivity contribution in [3.05, 3.63) is 22.9 Å². The minimum atomic E-state index is -0.167. The molecule has 0 saturated carbocycles. The fraction of sp³-hybridized carbons (Fsp3) is 0.455. The van der Waals surface area contributed by atoms with Crippen molar-refractivity contribution < 1.29 is 4.79 Å². The highest BCUT2D eigenvalue weighted by Gasteiger charge is 2.09. The van der Waals surface area contributed by atoms with E-state index in [1.165, 1.54) is 22.0 Å². The van der Waals surface area contributed by atoms with Crippen LogP contribution in [0.2, 0.25) is 0 Å². The fourth-order valence-corrected chi connectivity index (χ4v) is 1.67. The van der Waals surface area contributed by atoms with E-state index in [-0.39, 0.29) is 17.9 Å². The maximum atomic E-state index is 12.1. The number of carbonyl (C=O) groups is 1. The Morgan fingerprint density at radius 2 is 2.17 bits per heavy atom. The van der Waals surface area contributed by atoms with E-state index in [0.717, 1.165) is 0 Å². The van der Waals surface area contributed by atoms with Gasteiger partial charge in [-0.05, 0) is 0 Å².